The molecule has 1 rings (SSSR count). The summed E-state index contributed by atoms with van der Waals surface area (Å²) in [5, 5.41) is 2.76. The van der Waals surface area contributed by atoms with Crippen molar-refractivity contribution in [3.63, 3.8) is 0 Å². The summed E-state index contributed by atoms with van der Waals surface area (Å²) in [6.07, 6.45) is 1.38. The van der Waals surface area contributed by atoms with Crippen molar-refractivity contribution in [2.75, 3.05) is 11.1 Å². The van der Waals surface area contributed by atoms with Gasteiger partial charge in [0.1, 0.15) is 0 Å². The third kappa shape index (κ3) is 5.85. The van der Waals surface area contributed by atoms with E-state index in [0.29, 0.717) is 12.1 Å². The molecule has 1 amide bonds. The SMILES string of the molecule is CCCCS(=O)(=O)NC(C)C(=O)Nc1cc(C)ccc1C. The molecule has 6 heteroatoms. The topological polar surface area (TPSA) is 75.3 Å². The molecule has 118 valence electrons. The Kier molecular flexibility index (Phi) is 6.36. The lowest BCUT2D eigenvalue weighted by Crippen LogP contribution is -2.42. The highest BCUT2D eigenvalue weighted by atomic mass is 32.2. The third-order valence-electron chi connectivity index (χ3n) is 3.17. The lowest BCUT2D eigenvalue weighted by molar-refractivity contribution is -0.117. The van der Waals surface area contributed by atoms with Crippen LogP contribution in [0.1, 0.15) is 37.8 Å². The van der Waals surface area contributed by atoms with E-state index in [-0.39, 0.29) is 11.7 Å². The van der Waals surface area contributed by atoms with Gasteiger partial charge < -0.3 is 5.32 Å². The van der Waals surface area contributed by atoms with Gasteiger partial charge in [-0.2, -0.15) is 0 Å². The first kappa shape index (κ1) is 17.7. The summed E-state index contributed by atoms with van der Waals surface area (Å²) in [5.74, 6) is -0.311. The molecule has 0 radical (unpaired) electrons. The summed E-state index contributed by atoms with van der Waals surface area (Å²) in [6, 6.07) is 4.95. The molecule has 1 unspecified atom stereocenters. The summed E-state index contributed by atoms with van der Waals surface area (Å²) < 4.78 is 26.0. The van der Waals surface area contributed by atoms with Crippen molar-refractivity contribution in [1.82, 2.24) is 4.72 Å². The van der Waals surface area contributed by atoms with Crippen LogP contribution in [0.4, 0.5) is 5.69 Å². The molecular weight excluding hydrogens is 288 g/mol. The van der Waals surface area contributed by atoms with Gasteiger partial charge in [0, 0.05) is 5.69 Å². The van der Waals surface area contributed by atoms with Crippen LogP contribution < -0.4 is 10.0 Å². The molecule has 2 N–H and O–H groups in total. The Balaban J connectivity index is 2.69. The van der Waals surface area contributed by atoms with E-state index in [4.69, 9.17) is 0 Å². The molecule has 0 aliphatic rings. The fourth-order valence-corrected chi connectivity index (χ4v) is 3.26. The first-order valence-electron chi connectivity index (χ1n) is 7.13. The van der Waals surface area contributed by atoms with Gasteiger partial charge in [0.2, 0.25) is 15.9 Å². The number of rotatable bonds is 7. The Morgan fingerprint density at radius 2 is 1.95 bits per heavy atom. The standard InChI is InChI=1S/C15H24N2O3S/c1-5-6-9-21(19,20)17-13(4)15(18)16-14-10-11(2)7-8-12(14)3/h7-8,10,13,17H,5-6,9H2,1-4H3,(H,16,18). The van der Waals surface area contributed by atoms with Gasteiger partial charge in [0.15, 0.2) is 0 Å². The molecule has 0 saturated carbocycles. The molecule has 0 aliphatic heterocycles. The van der Waals surface area contributed by atoms with Crippen molar-refractivity contribution in [3.05, 3.63) is 29.3 Å². The Bertz CT molecular complexity index is 597. The minimum absolute atomic E-state index is 0.0462. The number of hydrogen-bond donors (Lipinski definition) is 2. The van der Waals surface area contributed by atoms with Crippen molar-refractivity contribution in [3.8, 4) is 0 Å². The largest absolute Gasteiger partial charge is 0.324 e. The molecule has 21 heavy (non-hydrogen) atoms. The summed E-state index contributed by atoms with van der Waals surface area (Å²) in [6.45, 7) is 7.30. The first-order chi connectivity index (χ1) is 9.75. The highest BCUT2D eigenvalue weighted by Crippen LogP contribution is 2.16. The molecule has 0 heterocycles. The maximum Gasteiger partial charge on any atom is 0.242 e. The van der Waals surface area contributed by atoms with Crippen LogP contribution in [-0.2, 0) is 14.8 Å². The minimum Gasteiger partial charge on any atom is -0.324 e. The summed E-state index contributed by atoms with van der Waals surface area (Å²) in [5.41, 5.74) is 2.68. The summed E-state index contributed by atoms with van der Waals surface area (Å²) in [7, 11) is -3.41. The highest BCUT2D eigenvalue weighted by molar-refractivity contribution is 7.89. The number of carbonyl (C=O) groups excluding carboxylic acids is 1. The number of hydrogen-bond acceptors (Lipinski definition) is 3. The highest BCUT2D eigenvalue weighted by Gasteiger charge is 2.20. The van der Waals surface area contributed by atoms with E-state index in [1.807, 2.05) is 39.0 Å². The van der Waals surface area contributed by atoms with Gasteiger partial charge in [-0.1, -0.05) is 25.5 Å². The van der Waals surface area contributed by atoms with Crippen LogP contribution in [0.3, 0.4) is 0 Å². The number of aryl methyl sites for hydroxylation is 2. The predicted octanol–water partition coefficient (Wildman–Crippen LogP) is 2.35. The summed E-state index contributed by atoms with van der Waals surface area (Å²) >= 11 is 0. The van der Waals surface area contributed by atoms with Crippen LogP contribution in [-0.4, -0.2) is 26.1 Å². The predicted molar refractivity (Wildman–Crippen MR) is 85.8 cm³/mol. The van der Waals surface area contributed by atoms with Gasteiger partial charge in [-0.3, -0.25) is 4.79 Å². The second-order valence-corrected chi connectivity index (χ2v) is 7.19. The average Bonchev–Trinajstić information content (AvgIpc) is 2.40. The van der Waals surface area contributed by atoms with E-state index in [9.17, 15) is 13.2 Å². The molecule has 0 saturated heterocycles. The molecule has 1 atom stereocenters. The normalized spacial score (nSPS) is 13.0. The van der Waals surface area contributed by atoms with Crippen LogP contribution in [0.5, 0.6) is 0 Å². The van der Waals surface area contributed by atoms with Crippen molar-refractivity contribution in [2.24, 2.45) is 0 Å². The molecule has 1 aromatic carbocycles. The van der Waals surface area contributed by atoms with Gasteiger partial charge in [-0.15, -0.1) is 0 Å². The minimum atomic E-state index is -3.41. The quantitative estimate of drug-likeness (QED) is 0.811. The van der Waals surface area contributed by atoms with Crippen molar-refractivity contribution in [2.45, 2.75) is 46.6 Å². The van der Waals surface area contributed by atoms with Gasteiger partial charge in [0.25, 0.3) is 0 Å². The summed E-state index contributed by atoms with van der Waals surface area (Å²) in [4.78, 5) is 12.1. The molecule has 0 aromatic heterocycles. The number of benzene rings is 1. The Morgan fingerprint density at radius 1 is 1.29 bits per heavy atom. The smallest absolute Gasteiger partial charge is 0.242 e. The molecular formula is C15H24N2O3S. The fraction of sp³-hybridized carbons (Fsp3) is 0.533. The Hall–Kier alpha value is -1.40. The van der Waals surface area contributed by atoms with E-state index < -0.39 is 16.1 Å². The van der Waals surface area contributed by atoms with Gasteiger partial charge >= 0.3 is 0 Å². The zero-order valence-electron chi connectivity index (χ0n) is 13.1. The molecule has 0 spiro atoms. The second-order valence-electron chi connectivity index (χ2n) is 5.32. The monoisotopic (exact) mass is 312 g/mol. The van der Waals surface area contributed by atoms with Crippen LogP contribution in [0.25, 0.3) is 0 Å². The number of unbranched alkanes of at least 4 members (excludes halogenated alkanes) is 1. The number of carbonyl (C=O) groups is 1. The van der Waals surface area contributed by atoms with Crippen molar-refractivity contribution >= 4 is 21.6 Å². The second kappa shape index (κ2) is 7.56. The molecule has 1 aromatic rings. The third-order valence-corrected chi connectivity index (χ3v) is 4.71. The number of nitrogens with one attached hydrogen (secondary N) is 2. The van der Waals surface area contributed by atoms with E-state index in [1.54, 1.807) is 6.92 Å². The molecule has 0 bridgehead atoms. The zero-order valence-corrected chi connectivity index (χ0v) is 13.9. The Labute approximate surface area is 127 Å². The van der Waals surface area contributed by atoms with Crippen LogP contribution in [0.15, 0.2) is 18.2 Å². The van der Waals surface area contributed by atoms with Crippen molar-refractivity contribution in [1.29, 1.82) is 0 Å². The lowest BCUT2D eigenvalue weighted by atomic mass is 10.1. The fourth-order valence-electron chi connectivity index (χ4n) is 1.83. The van der Waals surface area contributed by atoms with Gasteiger partial charge in [0.05, 0.1) is 11.8 Å². The van der Waals surface area contributed by atoms with E-state index in [1.165, 1.54) is 0 Å². The zero-order chi connectivity index (χ0) is 16.0. The van der Waals surface area contributed by atoms with Crippen molar-refractivity contribution < 1.29 is 13.2 Å². The molecule has 5 nitrogen and oxygen atoms in total. The molecule has 0 fully saturated rings. The van der Waals surface area contributed by atoms with E-state index in [2.05, 4.69) is 10.0 Å². The van der Waals surface area contributed by atoms with Gasteiger partial charge in [-0.05, 0) is 44.4 Å². The van der Waals surface area contributed by atoms with Crippen LogP contribution >= 0.6 is 0 Å². The maximum absolute atomic E-state index is 12.1. The lowest BCUT2D eigenvalue weighted by Gasteiger charge is -2.15. The van der Waals surface area contributed by atoms with Crippen LogP contribution in [0.2, 0.25) is 0 Å². The Morgan fingerprint density at radius 3 is 2.57 bits per heavy atom. The van der Waals surface area contributed by atoms with Gasteiger partial charge in [-0.25, -0.2) is 13.1 Å². The number of sulfonamides is 1. The number of anilines is 1. The van der Waals surface area contributed by atoms with Crippen LogP contribution in [0, 0.1) is 13.8 Å². The molecule has 0 aliphatic carbocycles. The van der Waals surface area contributed by atoms with E-state index >= 15 is 0 Å². The maximum atomic E-state index is 12.1. The average molecular weight is 312 g/mol. The van der Waals surface area contributed by atoms with E-state index in [0.717, 1.165) is 17.5 Å². The first-order valence-corrected chi connectivity index (χ1v) is 8.78. The number of amides is 1.